The number of likely N-dealkylation sites (N-methyl/N-ethyl adjacent to an activating group) is 3. The number of hydrogen-bond donors (Lipinski definition) is 3. The van der Waals surface area contributed by atoms with Crippen molar-refractivity contribution in [3.8, 4) is 5.75 Å². The van der Waals surface area contributed by atoms with Gasteiger partial charge in [0.25, 0.3) is 0 Å². The van der Waals surface area contributed by atoms with E-state index in [1.807, 2.05) is 76.4 Å². The molecule has 1 aliphatic carbocycles. The molecule has 1 spiro atoms. The molecule has 0 radical (unpaired) electrons. The monoisotopic (exact) mass is 963 g/mol. The fourth-order valence-electron chi connectivity index (χ4n) is 10.6. The molecule has 0 bridgehead atoms. The number of anilines is 1. The van der Waals surface area contributed by atoms with Crippen LogP contribution in [0.2, 0.25) is 0 Å². The van der Waals surface area contributed by atoms with Crippen LogP contribution < -0.4 is 20.3 Å². The van der Waals surface area contributed by atoms with Crippen LogP contribution in [0.4, 0.5) is 5.69 Å². The predicted molar refractivity (Wildman–Crippen MR) is 276 cm³/mol. The summed E-state index contributed by atoms with van der Waals surface area (Å²) in [5.74, 6) is -0.927. The van der Waals surface area contributed by atoms with Gasteiger partial charge in [-0.15, -0.1) is 0 Å². The molecular formula is C54H82N4O9S. The third kappa shape index (κ3) is 13.0. The van der Waals surface area contributed by atoms with Gasteiger partial charge in [-0.05, 0) is 116 Å². The van der Waals surface area contributed by atoms with E-state index in [0.717, 1.165) is 50.1 Å². The maximum absolute atomic E-state index is 13.5. The van der Waals surface area contributed by atoms with Crippen molar-refractivity contribution in [1.29, 1.82) is 0 Å². The molecule has 1 saturated heterocycles. The first kappa shape index (κ1) is 57.7. The summed E-state index contributed by atoms with van der Waals surface area (Å²) in [4.78, 5) is 39.7. The Labute approximate surface area is 411 Å². The lowest BCUT2D eigenvalue weighted by Gasteiger charge is -2.61. The Balaban J connectivity index is 0.000000329. The summed E-state index contributed by atoms with van der Waals surface area (Å²) in [6.07, 6.45) is 18.6. The summed E-state index contributed by atoms with van der Waals surface area (Å²) in [7, 11) is 12.1. The van der Waals surface area contributed by atoms with E-state index < -0.39 is 40.5 Å². The lowest BCUT2D eigenvalue weighted by atomic mass is 9.48. The summed E-state index contributed by atoms with van der Waals surface area (Å²) < 4.78 is 26.3. The Kier molecular flexibility index (Phi) is 23.4. The Morgan fingerprint density at radius 1 is 1.09 bits per heavy atom. The van der Waals surface area contributed by atoms with Crippen LogP contribution in [0, 0.1) is 5.41 Å². The quantitative estimate of drug-likeness (QED) is 0.0476. The van der Waals surface area contributed by atoms with E-state index in [4.69, 9.17) is 18.9 Å². The number of allylic oxidation sites excluding steroid dienone is 6. The Bertz CT molecular complexity index is 2070. The molecule has 0 amide bonds. The smallest absolute Gasteiger partial charge is 0.344 e. The molecule has 5 rings (SSSR count). The highest BCUT2D eigenvalue weighted by molar-refractivity contribution is 7.08. The van der Waals surface area contributed by atoms with E-state index in [0.29, 0.717) is 31.2 Å². The van der Waals surface area contributed by atoms with E-state index in [1.54, 1.807) is 18.4 Å². The number of unbranched alkanes of at least 4 members (excludes halogenated alkanes) is 1. The number of nitrogens with one attached hydrogen (secondary N) is 2. The molecule has 68 heavy (non-hydrogen) atoms. The first-order valence-electron chi connectivity index (χ1n) is 24.0. The molecule has 1 aromatic heterocycles. The Hall–Kier alpha value is -4.57. The topological polar surface area (TPSA) is 148 Å². The number of benzene rings is 1. The average molecular weight is 963 g/mol. The molecule has 2 aliphatic heterocycles. The number of hydrogen-bond acceptors (Lipinski definition) is 14. The number of thiophene rings is 1. The number of fused-ring (bicyclic) bond motifs is 1. The molecule has 3 N–H and O–H groups in total. The van der Waals surface area contributed by atoms with E-state index in [2.05, 4.69) is 82.8 Å². The van der Waals surface area contributed by atoms with Crippen LogP contribution in [0.5, 0.6) is 5.75 Å². The highest BCUT2D eigenvalue weighted by atomic mass is 32.1. The van der Waals surface area contributed by atoms with Crippen LogP contribution in [0.3, 0.4) is 0 Å². The van der Waals surface area contributed by atoms with E-state index in [9.17, 15) is 19.5 Å². The molecule has 2 fully saturated rings. The number of aliphatic hydroxyl groups is 1. The van der Waals surface area contributed by atoms with Gasteiger partial charge in [-0.25, -0.2) is 4.79 Å². The zero-order valence-corrected chi connectivity index (χ0v) is 44.1. The number of carbonyl (C=O) groups is 3. The standard InChI is InChI=1S/C26H42N2OS.C25H34N2O6.C3H6O2/c1-7-10-13-26(29-6)20-28(5)16-14-22(11-8-2)25(19-27-4)18-23(12-9-3)24-15-17-30-21-24;1-7-11-23(8-2)19-24(12-13-26-19)17-10-9-16(31-5)14-18(17)27(4)20(24)25(30,22(29)32-6)21(23)33-15(3)28;1-3(4)5-2/h9,11-12,15,17-18,21,26-27H,3,7-8,10,13-14,16,19-20H2,1-2,4-6H3;7,9-11,14,19-21,26,30H,8,12-13H2,1-6H3;1-2H3/b22-11+,23-12+,25-18+;11-7-;/t;19?,20?,21?,23-,24?,25+;/m.1./s1. The number of rotatable bonds is 21. The summed E-state index contributed by atoms with van der Waals surface area (Å²) >= 11 is 1.73. The second-order valence-electron chi connectivity index (χ2n) is 17.8. The van der Waals surface area contributed by atoms with Gasteiger partial charge < -0.3 is 49.2 Å². The fraction of sp³-hybridized carbons (Fsp3) is 0.574. The molecule has 1 saturated carbocycles. The normalized spacial score (nSPS) is 24.7. The average Bonchev–Trinajstić information content (AvgIpc) is 4.09. The lowest BCUT2D eigenvalue weighted by Crippen LogP contribution is -2.80. The SMILES string of the molecule is C/C=C\[C@]1(CC)C2NCCC23c2ccc(OC)cc2N(C)C3[C@@](O)(C(=O)OC)C1OC(C)=O.C=C\C=C(/C=C(CNC)/C(=C/CC)CCN(C)CC(CCCC)OC)c1ccsc1.COC(C)=O. The Morgan fingerprint density at radius 3 is 2.34 bits per heavy atom. The predicted octanol–water partition coefficient (Wildman–Crippen LogP) is 8.44. The van der Waals surface area contributed by atoms with Crippen molar-refractivity contribution >= 4 is 40.5 Å². The molecule has 3 aliphatic rings. The largest absolute Gasteiger partial charge is 0.497 e. The third-order valence-electron chi connectivity index (χ3n) is 13.6. The van der Waals surface area contributed by atoms with Crippen molar-refractivity contribution in [2.75, 3.05) is 80.7 Å². The molecule has 1 aromatic carbocycles. The second-order valence-corrected chi connectivity index (χ2v) is 18.5. The number of nitrogens with zero attached hydrogens (tertiary/aromatic N) is 2. The molecule has 2 aromatic rings. The zero-order chi connectivity index (χ0) is 50.7. The van der Waals surface area contributed by atoms with Gasteiger partial charge in [0.1, 0.15) is 5.75 Å². The highest BCUT2D eigenvalue weighted by Gasteiger charge is 2.78. The van der Waals surface area contributed by atoms with Crippen molar-refractivity contribution in [3.63, 3.8) is 0 Å². The molecule has 3 heterocycles. The van der Waals surface area contributed by atoms with Crippen molar-refractivity contribution in [1.82, 2.24) is 15.5 Å². The maximum Gasteiger partial charge on any atom is 0.344 e. The van der Waals surface area contributed by atoms with Crippen molar-refractivity contribution in [2.45, 2.75) is 122 Å². The summed E-state index contributed by atoms with van der Waals surface area (Å²) in [5, 5.41) is 23.8. The van der Waals surface area contributed by atoms with Gasteiger partial charge in [-0.3, -0.25) is 9.59 Å². The summed E-state index contributed by atoms with van der Waals surface area (Å²) in [5.41, 5.74) is 3.57. The lowest BCUT2D eigenvalue weighted by molar-refractivity contribution is -0.222. The molecule has 5 unspecified atom stereocenters. The number of esters is 3. The molecule has 14 heteroatoms. The van der Waals surface area contributed by atoms with Crippen LogP contribution in [0.15, 0.2) is 89.2 Å². The maximum atomic E-state index is 13.5. The van der Waals surface area contributed by atoms with E-state index >= 15 is 0 Å². The molecule has 7 atom stereocenters. The van der Waals surface area contributed by atoms with Gasteiger partial charge in [-0.1, -0.05) is 76.6 Å². The zero-order valence-electron chi connectivity index (χ0n) is 43.2. The minimum atomic E-state index is -2.11. The number of methoxy groups -OCH3 is 4. The van der Waals surface area contributed by atoms with Crippen molar-refractivity contribution in [2.24, 2.45) is 5.41 Å². The van der Waals surface area contributed by atoms with Crippen molar-refractivity contribution < 1.29 is 43.2 Å². The van der Waals surface area contributed by atoms with Crippen LogP contribution in [0.1, 0.15) is 97.6 Å². The summed E-state index contributed by atoms with van der Waals surface area (Å²) in [6.45, 7) is 18.5. The van der Waals surface area contributed by atoms with Crippen LogP contribution in [-0.4, -0.2) is 134 Å². The van der Waals surface area contributed by atoms with Crippen LogP contribution >= 0.6 is 11.3 Å². The minimum absolute atomic E-state index is 0.192. The third-order valence-corrected chi connectivity index (χ3v) is 14.3. The molecule has 378 valence electrons. The van der Waals surface area contributed by atoms with Crippen molar-refractivity contribution in [3.05, 3.63) is 100 Å². The van der Waals surface area contributed by atoms with Crippen LogP contribution in [0.25, 0.3) is 5.57 Å². The minimum Gasteiger partial charge on any atom is -0.497 e. The first-order valence-corrected chi connectivity index (χ1v) is 24.9. The fourth-order valence-corrected chi connectivity index (χ4v) is 11.3. The number of ether oxygens (including phenoxy) is 5. The number of carbonyl (C=O) groups excluding carboxylic acids is 3. The highest BCUT2D eigenvalue weighted by Crippen LogP contribution is 2.64. The molecular weight excluding hydrogens is 881 g/mol. The Morgan fingerprint density at radius 2 is 1.81 bits per heavy atom. The van der Waals surface area contributed by atoms with Gasteiger partial charge in [0.05, 0.1) is 33.5 Å². The van der Waals surface area contributed by atoms with Gasteiger partial charge in [0.15, 0.2) is 6.10 Å². The van der Waals surface area contributed by atoms with Gasteiger partial charge in [0, 0.05) is 76.3 Å². The summed E-state index contributed by atoms with van der Waals surface area (Å²) in [6, 6.07) is 7.14. The first-order chi connectivity index (χ1) is 32.5. The van der Waals surface area contributed by atoms with E-state index in [1.165, 1.54) is 63.2 Å². The van der Waals surface area contributed by atoms with E-state index in [-0.39, 0.29) is 12.0 Å². The molecule has 13 nitrogen and oxygen atoms in total. The van der Waals surface area contributed by atoms with Gasteiger partial charge >= 0.3 is 17.9 Å². The van der Waals surface area contributed by atoms with Gasteiger partial charge in [0.2, 0.25) is 5.60 Å². The second kappa shape index (κ2) is 27.6. The van der Waals surface area contributed by atoms with Crippen LogP contribution in [-0.2, 0) is 38.7 Å². The van der Waals surface area contributed by atoms with Gasteiger partial charge in [-0.2, -0.15) is 11.3 Å².